The molecule has 0 aliphatic rings. The maximum atomic E-state index is 11.7. The smallest absolute Gasteiger partial charge is 0.446 e. The Kier molecular flexibility index (Phi) is 30.9. The lowest BCUT2D eigenvalue weighted by Gasteiger charge is -2.19. The molecule has 4 rings (SSSR count). The maximum Gasteiger partial charge on any atom is 0.446 e. The quantitative estimate of drug-likeness (QED) is 0.0524. The van der Waals surface area contributed by atoms with Crippen molar-refractivity contribution >= 4 is 53.1 Å². The number of nitrogens with zero attached hydrogens (tertiary/aromatic N) is 3. The Labute approximate surface area is 397 Å². The fraction of sp³-hybridized carbons (Fsp3) is 0.431. The van der Waals surface area contributed by atoms with E-state index >= 15 is 0 Å². The number of anilines is 4. The van der Waals surface area contributed by atoms with Gasteiger partial charge in [-0.3, -0.25) is 14.6 Å². The predicted molar refractivity (Wildman–Crippen MR) is 271 cm³/mol. The van der Waals surface area contributed by atoms with Gasteiger partial charge >= 0.3 is 24.2 Å². The Balaban J connectivity index is -0.000000768. The summed E-state index contributed by atoms with van der Waals surface area (Å²) < 4.78 is 31.2. The second kappa shape index (κ2) is 32.1. The van der Waals surface area contributed by atoms with E-state index in [9.17, 15) is 27.6 Å². The maximum absolute atomic E-state index is 11.7. The summed E-state index contributed by atoms with van der Waals surface area (Å²) in [4.78, 5) is 58.5. The number of rotatable bonds is 7. The highest BCUT2D eigenvalue weighted by Crippen LogP contribution is 2.24. The molecule has 16 heteroatoms. The molecule has 0 aliphatic carbocycles. The van der Waals surface area contributed by atoms with Gasteiger partial charge in [0.15, 0.2) is 0 Å². The summed E-state index contributed by atoms with van der Waals surface area (Å²) in [6, 6.07) is 15.5. The average molecular weight is 940 g/mol. The number of amides is 4. The third kappa shape index (κ3) is 23.9. The van der Waals surface area contributed by atoms with Crippen molar-refractivity contribution in [2.75, 3.05) is 61.6 Å². The third-order valence-electron chi connectivity index (χ3n) is 10.2. The van der Waals surface area contributed by atoms with Crippen LogP contribution in [0.3, 0.4) is 0 Å². The zero-order chi connectivity index (χ0) is 51.6. The Hall–Kier alpha value is -6.67. The van der Waals surface area contributed by atoms with E-state index in [1.807, 2.05) is 45.2 Å². The van der Waals surface area contributed by atoms with Crippen LogP contribution in [0.15, 0.2) is 53.5 Å². The van der Waals surface area contributed by atoms with E-state index < -0.39 is 18.4 Å². The van der Waals surface area contributed by atoms with Gasteiger partial charge in [0, 0.05) is 63.5 Å². The molecular formula is C51H76F3N7O6. The predicted octanol–water partition coefficient (Wildman–Crippen LogP) is 11.5. The lowest BCUT2D eigenvalue weighted by molar-refractivity contribution is -0.156. The summed E-state index contributed by atoms with van der Waals surface area (Å²) in [6.07, 6.45) is -4.31. The molecule has 0 atom stereocenters. The number of benzene rings is 4. The van der Waals surface area contributed by atoms with Crippen molar-refractivity contribution < 1.29 is 42.3 Å². The fourth-order valence-corrected chi connectivity index (χ4v) is 5.77. The van der Waals surface area contributed by atoms with Gasteiger partial charge in [-0.05, 0) is 207 Å². The number of hydrogen-bond acceptors (Lipinski definition) is 8. The van der Waals surface area contributed by atoms with Crippen LogP contribution in [0, 0.1) is 76.2 Å². The number of carbonyl (C=O) groups is 4. The first-order chi connectivity index (χ1) is 30.6. The molecule has 0 saturated heterocycles. The van der Waals surface area contributed by atoms with Gasteiger partial charge in [0.25, 0.3) is 0 Å². The van der Waals surface area contributed by atoms with Gasteiger partial charge in [-0.1, -0.05) is 7.43 Å². The van der Waals surface area contributed by atoms with Gasteiger partial charge < -0.3 is 26.8 Å². The Morgan fingerprint density at radius 3 is 1.19 bits per heavy atom. The second-order valence-electron chi connectivity index (χ2n) is 15.2. The summed E-state index contributed by atoms with van der Waals surface area (Å²) in [7, 11) is 5.39. The molecule has 0 heterocycles. The first-order valence-corrected chi connectivity index (χ1v) is 21.2. The molecule has 0 fully saturated rings. The molecule has 0 aromatic heterocycles. The molecule has 6 N–H and O–H groups in total. The summed E-state index contributed by atoms with van der Waals surface area (Å²) in [5.41, 5.74) is 22.6. The molecular weight excluding hydrogens is 864 g/mol. The van der Waals surface area contributed by atoms with Crippen molar-refractivity contribution in [1.29, 1.82) is 0 Å². The van der Waals surface area contributed by atoms with E-state index in [1.165, 1.54) is 66.7 Å². The number of aryl methyl sites for hydroxylation is 8. The molecule has 0 saturated carbocycles. The molecule has 372 valence electrons. The number of carboxylic acids is 1. The SMILES string of the molecule is C.CCN=C=O.CCNC(=O)N(C)c1cc(C)c(C(=O)O)c(C)c1.CCNC(=O)N(C)c1cc(C)c(C)c(C)c1.CNc1cc(C)c(C)c(C)c1.Cc1cc(N)cc(C)c1C.O=CC(F)(F)F. The number of nitrogens with two attached hydrogens (primary N) is 1. The zero-order valence-corrected chi connectivity index (χ0v) is 41.9. The van der Waals surface area contributed by atoms with Gasteiger partial charge in [0.05, 0.1) is 5.56 Å². The molecule has 0 aliphatic heterocycles. The second-order valence-corrected chi connectivity index (χ2v) is 15.2. The highest BCUT2D eigenvalue weighted by atomic mass is 19.4. The number of urea groups is 2. The Bertz CT molecular complexity index is 2180. The van der Waals surface area contributed by atoms with Gasteiger partial charge in [-0.2, -0.15) is 13.2 Å². The number of carbonyl (C=O) groups excluding carboxylic acids is 4. The van der Waals surface area contributed by atoms with Crippen molar-refractivity contribution in [3.8, 4) is 0 Å². The van der Waals surface area contributed by atoms with Crippen LogP contribution in [0.2, 0.25) is 0 Å². The van der Waals surface area contributed by atoms with Crippen molar-refractivity contribution in [3.63, 3.8) is 0 Å². The van der Waals surface area contributed by atoms with E-state index in [-0.39, 0.29) is 19.5 Å². The zero-order valence-electron chi connectivity index (χ0n) is 41.9. The Morgan fingerprint density at radius 1 is 0.657 bits per heavy atom. The molecule has 0 bridgehead atoms. The molecule has 13 nitrogen and oxygen atoms in total. The average Bonchev–Trinajstić information content (AvgIpc) is 3.23. The van der Waals surface area contributed by atoms with Crippen LogP contribution >= 0.6 is 0 Å². The van der Waals surface area contributed by atoms with Crippen molar-refractivity contribution in [1.82, 2.24) is 10.6 Å². The molecule has 4 aromatic rings. The summed E-state index contributed by atoms with van der Waals surface area (Å²) in [6.45, 7) is 29.7. The van der Waals surface area contributed by atoms with Gasteiger partial charge in [0.2, 0.25) is 12.4 Å². The highest BCUT2D eigenvalue weighted by molar-refractivity contribution is 5.95. The molecule has 0 spiro atoms. The molecule has 67 heavy (non-hydrogen) atoms. The number of nitrogens with one attached hydrogen (secondary N) is 3. The van der Waals surface area contributed by atoms with Crippen LogP contribution in [0.1, 0.15) is 99.8 Å². The van der Waals surface area contributed by atoms with E-state index in [2.05, 4.69) is 95.4 Å². The van der Waals surface area contributed by atoms with Crippen LogP contribution in [-0.4, -0.2) is 82.5 Å². The van der Waals surface area contributed by atoms with Crippen LogP contribution < -0.4 is 31.5 Å². The number of carboxylic acid groups (broad SMARTS) is 1. The van der Waals surface area contributed by atoms with Crippen LogP contribution in [0.25, 0.3) is 0 Å². The van der Waals surface area contributed by atoms with Crippen LogP contribution in [0.5, 0.6) is 0 Å². The van der Waals surface area contributed by atoms with Gasteiger partial charge in [0.1, 0.15) is 0 Å². The number of halogens is 3. The minimum atomic E-state index is -4.64. The van der Waals surface area contributed by atoms with Crippen LogP contribution in [-0.2, 0) is 9.59 Å². The van der Waals surface area contributed by atoms with E-state index in [0.29, 0.717) is 42.0 Å². The van der Waals surface area contributed by atoms with E-state index in [0.717, 1.165) is 11.4 Å². The minimum Gasteiger partial charge on any atom is -0.478 e. The third-order valence-corrected chi connectivity index (χ3v) is 10.2. The summed E-state index contributed by atoms with van der Waals surface area (Å²) >= 11 is 0. The number of alkyl halides is 3. The van der Waals surface area contributed by atoms with Gasteiger partial charge in [-0.25, -0.2) is 24.2 Å². The molecule has 0 radical (unpaired) electrons. The van der Waals surface area contributed by atoms with Crippen molar-refractivity contribution in [3.05, 3.63) is 115 Å². The van der Waals surface area contributed by atoms with Crippen molar-refractivity contribution in [2.45, 2.75) is 111 Å². The standard InChI is InChI=1S/C13H18N2O3.C13H20N2O.C10H15N.C9H13N.C3H5NO.C2HF3O.CH4/c1-5-14-13(18)15(4)10-6-8(2)11(12(16)17)9(3)7-10;1-6-14-13(16)15(5)12-7-9(2)11(4)10(3)8-12;1-7-5-10(11-4)6-8(2)9(7)3;1-6-4-9(10)5-7(2)8(6)3;1-2-4-3-5;3-2(4,5)1-6;/h6-7H,5H2,1-4H3,(H,14,18)(H,16,17);7-8H,6H2,1-5H3,(H,14,16);5-6,11H,1-4H3;4-5H,10H2,1-3H3;2H2,1H3;1H;1H4. The normalized spacial score (nSPS) is 9.61. The number of isocyanates is 1. The monoisotopic (exact) mass is 940 g/mol. The number of aliphatic imine (C=N–C) groups is 1. The van der Waals surface area contributed by atoms with E-state index in [4.69, 9.17) is 20.4 Å². The highest BCUT2D eigenvalue weighted by Gasteiger charge is 2.25. The first kappa shape index (κ1) is 64.6. The fourth-order valence-electron chi connectivity index (χ4n) is 5.77. The molecule has 4 aromatic carbocycles. The molecule has 0 unspecified atom stereocenters. The first-order valence-electron chi connectivity index (χ1n) is 21.2. The van der Waals surface area contributed by atoms with Crippen LogP contribution in [0.4, 0.5) is 45.5 Å². The number of hydrogen-bond donors (Lipinski definition) is 5. The van der Waals surface area contributed by atoms with E-state index in [1.54, 1.807) is 51.9 Å². The number of aromatic carboxylic acids is 1. The topological polar surface area (TPSA) is 187 Å². The lowest BCUT2D eigenvalue weighted by atomic mass is 10.0. The summed E-state index contributed by atoms with van der Waals surface area (Å²) in [5.74, 6) is -0.947. The largest absolute Gasteiger partial charge is 0.478 e. The lowest BCUT2D eigenvalue weighted by Crippen LogP contribution is -2.37. The number of aldehydes is 1. The Morgan fingerprint density at radius 2 is 0.955 bits per heavy atom. The van der Waals surface area contributed by atoms with Gasteiger partial charge in [-0.15, -0.1) is 0 Å². The van der Waals surface area contributed by atoms with Crippen molar-refractivity contribution in [2.24, 2.45) is 4.99 Å². The molecule has 4 amide bonds. The number of nitrogen functional groups attached to an aromatic ring is 1. The summed E-state index contributed by atoms with van der Waals surface area (Å²) in [5, 5.41) is 17.7. The minimum absolute atomic E-state index is 0.